The Kier molecular flexibility index (Phi) is 4.40. The van der Waals surface area contributed by atoms with Crippen LogP contribution < -0.4 is 10.1 Å². The van der Waals surface area contributed by atoms with Crippen molar-refractivity contribution in [2.24, 2.45) is 0 Å². The zero-order valence-electron chi connectivity index (χ0n) is 14.7. The summed E-state index contributed by atoms with van der Waals surface area (Å²) in [6.07, 6.45) is 5.04. The fourth-order valence-corrected chi connectivity index (χ4v) is 3.31. The van der Waals surface area contributed by atoms with E-state index in [1.54, 1.807) is 19.4 Å². The predicted molar refractivity (Wildman–Crippen MR) is 103 cm³/mol. The van der Waals surface area contributed by atoms with Crippen LogP contribution in [-0.2, 0) is 12.8 Å². The molecular formula is C22H20N2O2. The SMILES string of the molecule is COc1ccc(-c2ccc(C(=O)Nc3ccc4c(c3)CCC4)cn2)cc1. The van der Waals surface area contributed by atoms with Gasteiger partial charge in [0, 0.05) is 17.4 Å². The van der Waals surface area contributed by atoms with Gasteiger partial charge in [-0.2, -0.15) is 0 Å². The normalized spacial score (nSPS) is 12.5. The number of pyridine rings is 1. The Morgan fingerprint density at radius 3 is 2.54 bits per heavy atom. The van der Waals surface area contributed by atoms with E-state index >= 15 is 0 Å². The van der Waals surface area contributed by atoms with Crippen LogP contribution in [0, 0.1) is 0 Å². The zero-order valence-corrected chi connectivity index (χ0v) is 14.7. The van der Waals surface area contributed by atoms with E-state index in [2.05, 4.69) is 22.4 Å². The molecule has 4 nitrogen and oxygen atoms in total. The molecule has 1 aliphatic rings. The number of fused-ring (bicyclic) bond motifs is 1. The van der Waals surface area contributed by atoms with E-state index in [-0.39, 0.29) is 5.91 Å². The Hall–Kier alpha value is -3.14. The first-order valence-corrected chi connectivity index (χ1v) is 8.76. The van der Waals surface area contributed by atoms with Gasteiger partial charge >= 0.3 is 0 Å². The van der Waals surface area contributed by atoms with Gasteiger partial charge in [-0.25, -0.2) is 0 Å². The summed E-state index contributed by atoms with van der Waals surface area (Å²) in [5.74, 6) is 0.663. The van der Waals surface area contributed by atoms with Gasteiger partial charge in [0.15, 0.2) is 0 Å². The highest BCUT2D eigenvalue weighted by molar-refractivity contribution is 6.04. The summed E-state index contributed by atoms with van der Waals surface area (Å²) < 4.78 is 5.17. The van der Waals surface area contributed by atoms with Gasteiger partial charge in [0.1, 0.15) is 5.75 Å². The second-order valence-corrected chi connectivity index (χ2v) is 6.45. The third kappa shape index (κ3) is 3.31. The van der Waals surface area contributed by atoms with Gasteiger partial charge in [-0.05, 0) is 78.9 Å². The molecule has 0 unspecified atom stereocenters. The Morgan fingerprint density at radius 1 is 1.00 bits per heavy atom. The molecule has 0 saturated heterocycles. The van der Waals surface area contributed by atoms with Crippen LogP contribution in [-0.4, -0.2) is 18.0 Å². The molecule has 1 N–H and O–H groups in total. The molecular weight excluding hydrogens is 324 g/mol. The molecule has 2 aromatic carbocycles. The molecule has 0 radical (unpaired) electrons. The van der Waals surface area contributed by atoms with E-state index in [1.807, 2.05) is 36.4 Å². The number of hydrogen-bond acceptors (Lipinski definition) is 3. The Balaban J connectivity index is 1.48. The van der Waals surface area contributed by atoms with Gasteiger partial charge in [0.05, 0.1) is 18.4 Å². The number of anilines is 1. The average Bonchev–Trinajstić information content (AvgIpc) is 3.16. The number of methoxy groups -OCH3 is 1. The first-order chi connectivity index (χ1) is 12.7. The van der Waals surface area contributed by atoms with Crippen LogP contribution in [0.3, 0.4) is 0 Å². The molecule has 0 saturated carbocycles. The molecule has 1 amide bonds. The quantitative estimate of drug-likeness (QED) is 0.758. The molecule has 4 heteroatoms. The van der Waals surface area contributed by atoms with Crippen LogP contribution >= 0.6 is 0 Å². The molecule has 1 heterocycles. The van der Waals surface area contributed by atoms with Crippen molar-refractivity contribution in [3.8, 4) is 17.0 Å². The maximum atomic E-state index is 12.5. The number of nitrogens with zero attached hydrogens (tertiary/aromatic N) is 1. The molecule has 1 aromatic heterocycles. The van der Waals surface area contributed by atoms with Crippen LogP contribution in [0.2, 0.25) is 0 Å². The summed E-state index contributed by atoms with van der Waals surface area (Å²) in [4.78, 5) is 16.9. The number of rotatable bonds is 4. The monoisotopic (exact) mass is 344 g/mol. The highest BCUT2D eigenvalue weighted by atomic mass is 16.5. The smallest absolute Gasteiger partial charge is 0.257 e. The maximum Gasteiger partial charge on any atom is 0.257 e. The lowest BCUT2D eigenvalue weighted by Gasteiger charge is -2.08. The highest BCUT2D eigenvalue weighted by Gasteiger charge is 2.13. The van der Waals surface area contributed by atoms with E-state index in [9.17, 15) is 4.79 Å². The third-order valence-corrected chi connectivity index (χ3v) is 4.77. The van der Waals surface area contributed by atoms with Gasteiger partial charge < -0.3 is 10.1 Å². The largest absolute Gasteiger partial charge is 0.497 e. The van der Waals surface area contributed by atoms with Crippen molar-refractivity contribution in [1.29, 1.82) is 0 Å². The highest BCUT2D eigenvalue weighted by Crippen LogP contribution is 2.25. The van der Waals surface area contributed by atoms with Crippen molar-refractivity contribution in [2.75, 3.05) is 12.4 Å². The van der Waals surface area contributed by atoms with Gasteiger partial charge in [-0.3, -0.25) is 9.78 Å². The molecule has 0 bridgehead atoms. The van der Waals surface area contributed by atoms with E-state index in [4.69, 9.17) is 4.74 Å². The molecule has 3 aromatic rings. The topological polar surface area (TPSA) is 51.2 Å². The Morgan fingerprint density at radius 2 is 1.81 bits per heavy atom. The van der Waals surface area contributed by atoms with Crippen LogP contribution in [0.5, 0.6) is 5.75 Å². The molecule has 4 rings (SSSR count). The molecule has 26 heavy (non-hydrogen) atoms. The van der Waals surface area contributed by atoms with Crippen molar-refractivity contribution in [3.05, 3.63) is 77.5 Å². The fourth-order valence-electron chi connectivity index (χ4n) is 3.31. The zero-order chi connectivity index (χ0) is 17.9. The van der Waals surface area contributed by atoms with Gasteiger partial charge in [0.2, 0.25) is 0 Å². The first-order valence-electron chi connectivity index (χ1n) is 8.76. The van der Waals surface area contributed by atoms with Crippen LogP contribution in [0.1, 0.15) is 27.9 Å². The van der Waals surface area contributed by atoms with Gasteiger partial charge in [-0.15, -0.1) is 0 Å². The first kappa shape index (κ1) is 16.3. The molecule has 130 valence electrons. The van der Waals surface area contributed by atoms with Crippen LogP contribution in [0.4, 0.5) is 5.69 Å². The summed E-state index contributed by atoms with van der Waals surface area (Å²) in [7, 11) is 1.64. The number of ether oxygens (including phenoxy) is 1. The van der Waals surface area contributed by atoms with Crippen LogP contribution in [0.25, 0.3) is 11.3 Å². The Bertz CT molecular complexity index is 931. The summed E-state index contributed by atoms with van der Waals surface area (Å²) in [5.41, 5.74) is 5.93. The summed E-state index contributed by atoms with van der Waals surface area (Å²) >= 11 is 0. The third-order valence-electron chi connectivity index (χ3n) is 4.77. The van der Waals surface area contributed by atoms with Gasteiger partial charge in [-0.1, -0.05) is 6.07 Å². The molecule has 0 aliphatic heterocycles. The van der Waals surface area contributed by atoms with Crippen molar-refractivity contribution < 1.29 is 9.53 Å². The predicted octanol–water partition coefficient (Wildman–Crippen LogP) is 4.50. The number of aromatic nitrogens is 1. The number of carbonyl (C=O) groups is 1. The standard InChI is InChI=1S/C22H20N2O2/c1-26-20-10-6-16(7-11-20)21-12-8-18(14-23-21)22(25)24-19-9-5-15-3-2-4-17(15)13-19/h5-14H,2-4H2,1H3,(H,24,25). The van der Waals surface area contributed by atoms with Gasteiger partial charge in [0.25, 0.3) is 5.91 Å². The average molecular weight is 344 g/mol. The summed E-state index contributed by atoms with van der Waals surface area (Å²) in [6.45, 7) is 0. The number of amides is 1. The molecule has 0 fully saturated rings. The number of benzene rings is 2. The van der Waals surface area contributed by atoms with Crippen molar-refractivity contribution in [3.63, 3.8) is 0 Å². The number of carbonyl (C=O) groups excluding carboxylic acids is 1. The van der Waals surface area contributed by atoms with Crippen molar-refractivity contribution in [2.45, 2.75) is 19.3 Å². The number of aryl methyl sites for hydroxylation is 2. The van der Waals surface area contributed by atoms with E-state index < -0.39 is 0 Å². The minimum absolute atomic E-state index is 0.142. The van der Waals surface area contributed by atoms with Crippen LogP contribution in [0.15, 0.2) is 60.8 Å². The summed E-state index contributed by atoms with van der Waals surface area (Å²) in [6, 6.07) is 17.5. The fraction of sp³-hybridized carbons (Fsp3) is 0.182. The van der Waals surface area contributed by atoms with Crippen molar-refractivity contribution >= 4 is 11.6 Å². The summed E-state index contributed by atoms with van der Waals surface area (Å²) in [5, 5.41) is 2.97. The second-order valence-electron chi connectivity index (χ2n) is 6.45. The van der Waals surface area contributed by atoms with E-state index in [0.29, 0.717) is 5.56 Å². The number of hydrogen-bond donors (Lipinski definition) is 1. The lowest BCUT2D eigenvalue weighted by atomic mass is 10.1. The number of nitrogens with one attached hydrogen (secondary N) is 1. The van der Waals surface area contributed by atoms with E-state index in [1.165, 1.54) is 17.5 Å². The maximum absolute atomic E-state index is 12.5. The van der Waals surface area contributed by atoms with E-state index in [0.717, 1.165) is 35.5 Å². The minimum atomic E-state index is -0.142. The van der Waals surface area contributed by atoms with Crippen molar-refractivity contribution in [1.82, 2.24) is 4.98 Å². The molecule has 0 atom stereocenters. The molecule has 1 aliphatic carbocycles. The molecule has 0 spiro atoms. The lowest BCUT2D eigenvalue weighted by molar-refractivity contribution is 0.102. The Labute approximate surface area is 152 Å². The minimum Gasteiger partial charge on any atom is -0.497 e. The second kappa shape index (κ2) is 7.00. The lowest BCUT2D eigenvalue weighted by Crippen LogP contribution is -2.12.